The summed E-state index contributed by atoms with van der Waals surface area (Å²) in [5, 5.41) is 5.82. The quantitative estimate of drug-likeness (QED) is 0.756. The van der Waals surface area contributed by atoms with Crippen molar-refractivity contribution in [3.8, 4) is 5.75 Å². The van der Waals surface area contributed by atoms with Crippen LogP contribution in [0.5, 0.6) is 5.75 Å². The molecule has 0 aromatic heterocycles. The van der Waals surface area contributed by atoms with Gasteiger partial charge < -0.3 is 15.4 Å². The third kappa shape index (κ3) is 6.36. The molecule has 0 spiro atoms. The maximum atomic E-state index is 12.2. The van der Waals surface area contributed by atoms with Crippen LogP contribution in [0, 0.1) is 0 Å². The molecule has 4 nitrogen and oxygen atoms in total. The fraction of sp³-hybridized carbons (Fsp3) is 0.417. The van der Waals surface area contributed by atoms with Crippen molar-refractivity contribution < 1.29 is 18.3 Å². The van der Waals surface area contributed by atoms with Crippen molar-refractivity contribution in [2.24, 2.45) is 0 Å². The molecule has 0 aliphatic heterocycles. The van der Waals surface area contributed by atoms with Crippen LogP contribution >= 0.6 is 24.0 Å². The van der Waals surface area contributed by atoms with Gasteiger partial charge in [0.05, 0.1) is 5.56 Å². The van der Waals surface area contributed by atoms with Crippen LogP contribution in [0.3, 0.4) is 0 Å². The average molecular weight is 329 g/mol. The van der Waals surface area contributed by atoms with Crippen molar-refractivity contribution in [1.29, 1.82) is 0 Å². The zero-order chi connectivity index (χ0) is 14.3. The second-order valence-electron chi connectivity index (χ2n) is 3.73. The van der Waals surface area contributed by atoms with E-state index in [1.54, 1.807) is 7.05 Å². The minimum absolute atomic E-state index is 0. The zero-order valence-corrected chi connectivity index (χ0v) is 12.4. The lowest BCUT2D eigenvalue weighted by Crippen LogP contribution is -2.27. The Morgan fingerprint density at radius 3 is 2.70 bits per heavy atom. The molecule has 0 heterocycles. The number of hydrogen-bond donors (Lipinski definition) is 2. The Morgan fingerprint density at radius 1 is 1.40 bits per heavy atom. The predicted octanol–water partition coefficient (Wildman–Crippen LogP) is 2.70. The number of ether oxygens (including phenoxy) is 1. The number of benzene rings is 1. The van der Waals surface area contributed by atoms with Gasteiger partial charge in [-0.25, -0.2) is 0 Å². The van der Waals surface area contributed by atoms with Gasteiger partial charge in [-0.15, -0.1) is 12.4 Å². The van der Waals surface area contributed by atoms with E-state index in [0.29, 0.717) is 6.54 Å². The normalized spacial score (nSPS) is 10.1. The number of amides is 1. The number of rotatable bonds is 7. The molecule has 0 aliphatic rings. The highest BCUT2D eigenvalue weighted by Crippen LogP contribution is 2.24. The summed E-state index contributed by atoms with van der Waals surface area (Å²) in [6, 6.07) is 3.93. The summed E-state index contributed by atoms with van der Waals surface area (Å²) in [6.07, 6.45) is 0.730. The van der Waals surface area contributed by atoms with Gasteiger partial charge in [0.1, 0.15) is 5.75 Å². The Labute approximate surface area is 127 Å². The second-order valence-corrected chi connectivity index (χ2v) is 4.17. The first-order chi connectivity index (χ1) is 9.04. The Hall–Kier alpha value is -1.11. The van der Waals surface area contributed by atoms with Gasteiger partial charge >= 0.3 is 6.61 Å². The molecule has 0 fully saturated rings. The number of hydrogen-bond acceptors (Lipinski definition) is 3. The largest absolute Gasteiger partial charge is 0.434 e. The molecule has 2 N–H and O–H groups in total. The van der Waals surface area contributed by atoms with Crippen LogP contribution in [0.4, 0.5) is 8.78 Å². The van der Waals surface area contributed by atoms with Crippen molar-refractivity contribution >= 4 is 29.9 Å². The van der Waals surface area contributed by atoms with E-state index in [4.69, 9.17) is 11.6 Å². The Balaban J connectivity index is 0.00000361. The standard InChI is InChI=1S/C12H15ClF2N2O2.ClH/c1-16-5-2-6-17-11(18)9-7-8(13)3-4-10(9)19-12(14)15;/h3-4,7,12,16H,2,5-6H2,1H3,(H,17,18);1H. The van der Waals surface area contributed by atoms with E-state index < -0.39 is 12.5 Å². The first kappa shape index (κ1) is 18.9. The summed E-state index contributed by atoms with van der Waals surface area (Å²) in [7, 11) is 1.80. The number of carbonyl (C=O) groups excluding carboxylic acids is 1. The number of nitrogens with one attached hydrogen (secondary N) is 2. The lowest BCUT2D eigenvalue weighted by atomic mass is 10.2. The third-order valence-corrected chi connectivity index (χ3v) is 2.53. The number of halogens is 4. The van der Waals surface area contributed by atoms with Crippen molar-refractivity contribution in [3.05, 3.63) is 28.8 Å². The summed E-state index contributed by atoms with van der Waals surface area (Å²) in [5.74, 6) is -0.681. The minimum atomic E-state index is -2.99. The van der Waals surface area contributed by atoms with Crippen LogP contribution < -0.4 is 15.4 Å². The van der Waals surface area contributed by atoms with Gasteiger partial charge in [0.25, 0.3) is 5.91 Å². The highest BCUT2D eigenvalue weighted by Gasteiger charge is 2.16. The van der Waals surface area contributed by atoms with E-state index in [0.717, 1.165) is 13.0 Å². The smallest absolute Gasteiger partial charge is 0.387 e. The third-order valence-electron chi connectivity index (χ3n) is 2.29. The van der Waals surface area contributed by atoms with Gasteiger partial charge in [0.2, 0.25) is 0 Å². The van der Waals surface area contributed by atoms with Crippen LogP contribution in [0.15, 0.2) is 18.2 Å². The molecular formula is C12H16Cl2F2N2O2. The average Bonchev–Trinajstić information content (AvgIpc) is 2.36. The molecule has 1 aromatic carbocycles. The summed E-state index contributed by atoms with van der Waals surface area (Å²) in [6.45, 7) is -1.81. The monoisotopic (exact) mass is 328 g/mol. The van der Waals surface area contributed by atoms with E-state index >= 15 is 0 Å². The van der Waals surface area contributed by atoms with Crippen LogP contribution in [-0.4, -0.2) is 32.7 Å². The molecule has 0 unspecified atom stereocenters. The first-order valence-electron chi connectivity index (χ1n) is 5.71. The molecule has 1 aromatic rings. The fourth-order valence-electron chi connectivity index (χ4n) is 1.44. The van der Waals surface area contributed by atoms with Crippen molar-refractivity contribution in [2.75, 3.05) is 20.1 Å². The molecule has 114 valence electrons. The predicted molar refractivity (Wildman–Crippen MR) is 76.2 cm³/mol. The van der Waals surface area contributed by atoms with Gasteiger partial charge in [0.15, 0.2) is 0 Å². The van der Waals surface area contributed by atoms with Crippen LogP contribution in [0.2, 0.25) is 5.02 Å². The zero-order valence-electron chi connectivity index (χ0n) is 10.8. The van der Waals surface area contributed by atoms with Gasteiger partial charge in [-0.1, -0.05) is 11.6 Å². The van der Waals surface area contributed by atoms with Gasteiger partial charge in [-0.3, -0.25) is 4.79 Å². The summed E-state index contributed by atoms with van der Waals surface area (Å²) in [5.41, 5.74) is -0.00254. The first-order valence-corrected chi connectivity index (χ1v) is 6.09. The topological polar surface area (TPSA) is 50.4 Å². The fourth-order valence-corrected chi connectivity index (χ4v) is 1.61. The van der Waals surface area contributed by atoms with E-state index in [9.17, 15) is 13.6 Å². The molecule has 20 heavy (non-hydrogen) atoms. The van der Waals surface area contributed by atoms with Crippen LogP contribution in [0.1, 0.15) is 16.8 Å². The van der Waals surface area contributed by atoms with E-state index in [1.165, 1.54) is 18.2 Å². The lowest BCUT2D eigenvalue weighted by molar-refractivity contribution is -0.0501. The molecule has 0 aliphatic carbocycles. The molecule has 0 saturated heterocycles. The van der Waals surface area contributed by atoms with E-state index in [2.05, 4.69) is 15.4 Å². The summed E-state index contributed by atoms with van der Waals surface area (Å²) in [4.78, 5) is 11.8. The Bertz CT molecular complexity index is 434. The Morgan fingerprint density at radius 2 is 2.10 bits per heavy atom. The van der Waals surface area contributed by atoms with Gasteiger partial charge in [-0.2, -0.15) is 8.78 Å². The maximum Gasteiger partial charge on any atom is 0.387 e. The molecule has 0 atom stereocenters. The van der Waals surface area contributed by atoms with Crippen LogP contribution in [-0.2, 0) is 0 Å². The highest BCUT2D eigenvalue weighted by atomic mass is 35.5. The van der Waals surface area contributed by atoms with Crippen molar-refractivity contribution in [3.63, 3.8) is 0 Å². The summed E-state index contributed by atoms with van der Waals surface area (Å²) < 4.78 is 28.7. The highest BCUT2D eigenvalue weighted by molar-refractivity contribution is 6.31. The maximum absolute atomic E-state index is 12.2. The molecule has 1 rings (SSSR count). The van der Waals surface area contributed by atoms with Crippen molar-refractivity contribution in [2.45, 2.75) is 13.0 Å². The Kier molecular flexibility index (Phi) is 9.20. The van der Waals surface area contributed by atoms with Crippen LogP contribution in [0.25, 0.3) is 0 Å². The molecule has 0 saturated carbocycles. The van der Waals surface area contributed by atoms with E-state index in [-0.39, 0.29) is 28.7 Å². The summed E-state index contributed by atoms with van der Waals surface area (Å²) >= 11 is 5.75. The number of carbonyl (C=O) groups is 1. The molecule has 0 radical (unpaired) electrons. The number of alkyl halides is 2. The van der Waals surface area contributed by atoms with E-state index in [1.807, 2.05) is 0 Å². The van der Waals surface area contributed by atoms with Gasteiger partial charge in [0, 0.05) is 11.6 Å². The SMILES string of the molecule is CNCCCNC(=O)c1cc(Cl)ccc1OC(F)F.Cl. The van der Waals surface area contributed by atoms with Gasteiger partial charge in [-0.05, 0) is 38.2 Å². The lowest BCUT2D eigenvalue weighted by Gasteiger charge is -2.11. The van der Waals surface area contributed by atoms with Crippen molar-refractivity contribution in [1.82, 2.24) is 10.6 Å². The molecule has 0 bridgehead atoms. The second kappa shape index (κ2) is 9.74. The molecule has 1 amide bonds. The minimum Gasteiger partial charge on any atom is -0.434 e. The molecular weight excluding hydrogens is 313 g/mol. The molecule has 8 heteroatoms.